The summed E-state index contributed by atoms with van der Waals surface area (Å²) in [6.45, 7) is 6.11. The molecule has 0 aliphatic carbocycles. The Bertz CT molecular complexity index is 656. The average Bonchev–Trinajstić information content (AvgIpc) is 3.27. The van der Waals surface area contributed by atoms with E-state index in [4.69, 9.17) is 4.52 Å². The van der Waals surface area contributed by atoms with Crippen molar-refractivity contribution in [1.29, 1.82) is 0 Å². The first-order valence-corrected chi connectivity index (χ1v) is 8.41. The molecule has 23 heavy (non-hydrogen) atoms. The van der Waals surface area contributed by atoms with Gasteiger partial charge >= 0.3 is 0 Å². The molecule has 3 heterocycles. The number of aromatic nitrogens is 4. The average molecular weight is 336 g/mol. The number of carbonyl (C=O) groups is 1. The molecule has 2 aromatic heterocycles. The molecule has 0 saturated carbocycles. The van der Waals surface area contributed by atoms with Crippen molar-refractivity contribution in [2.75, 3.05) is 20.1 Å². The van der Waals surface area contributed by atoms with Crippen LogP contribution in [0.25, 0.3) is 0 Å². The summed E-state index contributed by atoms with van der Waals surface area (Å²) in [5.74, 6) is 1.59. The lowest BCUT2D eigenvalue weighted by Gasteiger charge is -2.23. The lowest BCUT2D eigenvalue weighted by atomic mass is 10.2. The highest BCUT2D eigenvalue weighted by molar-refractivity contribution is 7.07. The standard InChI is InChI=1S/C14H20N6O2S/c1-9(2)13-16-12(17-22-13)8-19(3)10-4-5-20(7-10)14(21)11-6-15-18-23-11/h6,9-10H,4-5,7-8H2,1-3H3. The molecular weight excluding hydrogens is 316 g/mol. The fourth-order valence-electron chi connectivity index (χ4n) is 2.62. The molecule has 2 aromatic rings. The van der Waals surface area contributed by atoms with Crippen molar-refractivity contribution in [1.82, 2.24) is 29.5 Å². The Kier molecular flexibility index (Phi) is 4.67. The van der Waals surface area contributed by atoms with Crippen molar-refractivity contribution in [3.8, 4) is 0 Å². The van der Waals surface area contributed by atoms with Crippen molar-refractivity contribution < 1.29 is 9.32 Å². The molecule has 0 bridgehead atoms. The molecule has 1 amide bonds. The monoisotopic (exact) mass is 336 g/mol. The summed E-state index contributed by atoms with van der Waals surface area (Å²) in [6, 6.07) is 0.292. The van der Waals surface area contributed by atoms with Gasteiger partial charge in [0.25, 0.3) is 5.91 Å². The summed E-state index contributed by atoms with van der Waals surface area (Å²) < 4.78 is 8.98. The summed E-state index contributed by atoms with van der Waals surface area (Å²) in [5, 5.41) is 7.75. The number of rotatable bonds is 5. The second-order valence-electron chi connectivity index (χ2n) is 6.09. The van der Waals surface area contributed by atoms with Gasteiger partial charge < -0.3 is 9.42 Å². The van der Waals surface area contributed by atoms with E-state index in [1.165, 1.54) is 6.20 Å². The number of carbonyl (C=O) groups excluding carboxylic acids is 1. The van der Waals surface area contributed by atoms with Gasteiger partial charge in [-0.15, -0.1) is 5.10 Å². The van der Waals surface area contributed by atoms with Gasteiger partial charge in [0.2, 0.25) is 5.89 Å². The summed E-state index contributed by atoms with van der Waals surface area (Å²) in [7, 11) is 2.03. The van der Waals surface area contributed by atoms with E-state index in [0.29, 0.717) is 35.7 Å². The first-order chi connectivity index (χ1) is 11.0. The Labute approximate surface area is 138 Å². The van der Waals surface area contributed by atoms with E-state index >= 15 is 0 Å². The van der Waals surface area contributed by atoms with Gasteiger partial charge in [0.1, 0.15) is 4.88 Å². The van der Waals surface area contributed by atoms with Crippen LogP contribution in [0.5, 0.6) is 0 Å². The molecule has 0 spiro atoms. The number of hydrogen-bond donors (Lipinski definition) is 0. The van der Waals surface area contributed by atoms with Crippen molar-refractivity contribution >= 4 is 17.4 Å². The Morgan fingerprint density at radius 2 is 2.39 bits per heavy atom. The lowest BCUT2D eigenvalue weighted by Crippen LogP contribution is -2.36. The molecule has 1 aliphatic heterocycles. The summed E-state index contributed by atoms with van der Waals surface area (Å²) in [6.07, 6.45) is 2.46. The van der Waals surface area contributed by atoms with E-state index in [1.807, 2.05) is 25.8 Å². The lowest BCUT2D eigenvalue weighted by molar-refractivity contribution is 0.0783. The summed E-state index contributed by atoms with van der Waals surface area (Å²) in [4.78, 5) is 21.3. The fourth-order valence-corrected chi connectivity index (χ4v) is 3.11. The van der Waals surface area contributed by atoms with Gasteiger partial charge in [-0.1, -0.05) is 23.5 Å². The minimum atomic E-state index is 0.0116. The minimum Gasteiger partial charge on any atom is -0.339 e. The molecule has 0 aromatic carbocycles. The van der Waals surface area contributed by atoms with E-state index in [0.717, 1.165) is 24.5 Å². The second-order valence-corrected chi connectivity index (χ2v) is 6.88. The van der Waals surface area contributed by atoms with Crippen LogP contribution in [-0.2, 0) is 6.54 Å². The van der Waals surface area contributed by atoms with Crippen molar-refractivity contribution in [3.63, 3.8) is 0 Å². The van der Waals surface area contributed by atoms with Gasteiger partial charge in [0, 0.05) is 25.0 Å². The Morgan fingerprint density at radius 3 is 3.04 bits per heavy atom. The van der Waals surface area contributed by atoms with Crippen LogP contribution in [0.3, 0.4) is 0 Å². The summed E-state index contributed by atoms with van der Waals surface area (Å²) in [5.41, 5.74) is 0. The molecule has 124 valence electrons. The molecule has 1 saturated heterocycles. The zero-order valence-electron chi connectivity index (χ0n) is 13.5. The zero-order chi connectivity index (χ0) is 16.4. The molecule has 0 radical (unpaired) electrons. The van der Waals surface area contributed by atoms with Crippen molar-refractivity contribution in [2.45, 2.75) is 38.8 Å². The summed E-state index contributed by atoms with van der Waals surface area (Å²) >= 11 is 1.14. The highest BCUT2D eigenvalue weighted by Crippen LogP contribution is 2.19. The molecule has 1 fully saturated rings. The third-order valence-corrected chi connectivity index (χ3v) is 4.67. The largest absolute Gasteiger partial charge is 0.339 e. The molecule has 8 nitrogen and oxygen atoms in total. The number of amides is 1. The van der Waals surface area contributed by atoms with Gasteiger partial charge in [-0.2, -0.15) is 4.98 Å². The molecule has 1 aliphatic rings. The van der Waals surface area contributed by atoms with Crippen LogP contribution in [0.15, 0.2) is 10.7 Å². The van der Waals surface area contributed by atoms with Crippen molar-refractivity contribution in [2.24, 2.45) is 0 Å². The normalized spacial score (nSPS) is 18.3. The SMILES string of the molecule is CC(C)c1nc(CN(C)C2CCN(C(=O)c3cnns3)C2)no1. The zero-order valence-corrected chi connectivity index (χ0v) is 14.3. The van der Waals surface area contributed by atoms with Crippen LogP contribution in [-0.4, -0.2) is 61.6 Å². The Morgan fingerprint density at radius 1 is 1.57 bits per heavy atom. The third-order valence-electron chi connectivity index (χ3n) is 4.01. The van der Waals surface area contributed by atoms with Crippen LogP contribution < -0.4 is 0 Å². The van der Waals surface area contributed by atoms with Gasteiger partial charge in [-0.25, -0.2) is 0 Å². The van der Waals surface area contributed by atoms with Crippen LogP contribution in [0.1, 0.15) is 47.6 Å². The van der Waals surface area contributed by atoms with E-state index < -0.39 is 0 Å². The minimum absolute atomic E-state index is 0.0116. The van der Waals surface area contributed by atoms with Crippen LogP contribution in [0.4, 0.5) is 0 Å². The van der Waals surface area contributed by atoms with Gasteiger partial charge in [-0.05, 0) is 25.0 Å². The maximum atomic E-state index is 12.3. The van der Waals surface area contributed by atoms with E-state index in [1.54, 1.807) is 0 Å². The van der Waals surface area contributed by atoms with E-state index in [2.05, 4.69) is 24.6 Å². The number of hydrogen-bond acceptors (Lipinski definition) is 8. The molecule has 3 rings (SSSR count). The van der Waals surface area contributed by atoms with E-state index in [-0.39, 0.29) is 11.8 Å². The third kappa shape index (κ3) is 3.56. The van der Waals surface area contributed by atoms with E-state index in [9.17, 15) is 4.79 Å². The predicted octanol–water partition coefficient (Wildman–Crippen LogP) is 1.39. The van der Waals surface area contributed by atoms with Crippen LogP contribution in [0, 0.1) is 0 Å². The molecular formula is C14H20N6O2S. The topological polar surface area (TPSA) is 88.3 Å². The molecule has 9 heteroatoms. The first kappa shape index (κ1) is 16.0. The molecule has 1 unspecified atom stereocenters. The highest BCUT2D eigenvalue weighted by Gasteiger charge is 2.30. The van der Waals surface area contributed by atoms with Gasteiger partial charge in [0.15, 0.2) is 5.82 Å². The molecule has 0 N–H and O–H groups in total. The smallest absolute Gasteiger partial charge is 0.267 e. The van der Waals surface area contributed by atoms with Gasteiger partial charge in [0.05, 0.1) is 12.7 Å². The van der Waals surface area contributed by atoms with Crippen molar-refractivity contribution in [3.05, 3.63) is 22.8 Å². The van der Waals surface area contributed by atoms with Crippen LogP contribution in [0.2, 0.25) is 0 Å². The second kappa shape index (κ2) is 6.71. The predicted molar refractivity (Wildman–Crippen MR) is 84.1 cm³/mol. The Balaban J connectivity index is 1.56. The number of likely N-dealkylation sites (N-methyl/N-ethyl adjacent to an activating group) is 1. The quantitative estimate of drug-likeness (QED) is 0.815. The maximum Gasteiger partial charge on any atom is 0.267 e. The fraction of sp³-hybridized carbons (Fsp3) is 0.643. The molecule has 1 atom stereocenters. The Hall–Kier alpha value is -1.87. The number of likely N-dealkylation sites (tertiary alicyclic amines) is 1. The highest BCUT2D eigenvalue weighted by atomic mass is 32.1. The maximum absolute atomic E-state index is 12.3. The number of nitrogens with zero attached hydrogens (tertiary/aromatic N) is 6. The van der Waals surface area contributed by atoms with Gasteiger partial charge in [-0.3, -0.25) is 9.69 Å². The van der Waals surface area contributed by atoms with Crippen LogP contribution >= 0.6 is 11.5 Å². The first-order valence-electron chi connectivity index (χ1n) is 7.64.